The van der Waals surface area contributed by atoms with E-state index < -0.39 is 0 Å². The summed E-state index contributed by atoms with van der Waals surface area (Å²) in [5.74, 6) is 0. The second kappa shape index (κ2) is 16.6. The van der Waals surface area contributed by atoms with Gasteiger partial charge in [0.15, 0.2) is 0 Å². The van der Waals surface area contributed by atoms with Crippen molar-refractivity contribution in [1.29, 1.82) is 0 Å². The third-order valence-electron chi connectivity index (χ3n) is 17.7. The van der Waals surface area contributed by atoms with Crippen LogP contribution < -0.4 is 31.1 Å². The monoisotopic (exact) mass is 954 g/mol. The lowest BCUT2D eigenvalue weighted by Gasteiger charge is -2.50. The molecule has 0 radical (unpaired) electrons. The van der Waals surface area contributed by atoms with Crippen molar-refractivity contribution in [2.24, 2.45) is 0 Å². The molecular formula is C69H72BN3. The number of hydrogen-bond acceptors (Lipinski definition) is 3. The minimum Gasteiger partial charge on any atom is -0.334 e. The molecule has 4 heteroatoms. The Bertz CT molecular complexity index is 3460. The molecule has 8 aromatic carbocycles. The van der Waals surface area contributed by atoms with E-state index in [9.17, 15) is 0 Å². The van der Waals surface area contributed by atoms with Crippen molar-refractivity contribution in [3.8, 4) is 22.3 Å². The number of anilines is 8. The molecule has 3 nitrogen and oxygen atoms in total. The molecule has 0 N–H and O–H groups in total. The quantitative estimate of drug-likeness (QED) is 0.159. The van der Waals surface area contributed by atoms with Crippen LogP contribution in [0, 0.1) is 6.92 Å². The van der Waals surface area contributed by atoms with E-state index in [0.29, 0.717) is 0 Å². The van der Waals surface area contributed by atoms with E-state index >= 15 is 0 Å². The van der Waals surface area contributed by atoms with E-state index in [0.717, 1.165) is 6.42 Å². The van der Waals surface area contributed by atoms with E-state index in [2.05, 4.69) is 268 Å². The summed E-state index contributed by atoms with van der Waals surface area (Å²) in [5, 5.41) is 0. The molecule has 1 saturated carbocycles. The van der Waals surface area contributed by atoms with E-state index in [1.54, 1.807) is 0 Å². The minimum atomic E-state index is -0.0847. The molecule has 1 aliphatic carbocycles. The standard InChI is InChI=1S/C69H72BN3/c1-45-39-62-64-63(40-45)72(58-35-28-50(66(5,6)7)42-54(58)47-23-17-14-18-24-47)60-41-48(46-21-15-13-16-22-46)25-33-56(60)70(64)57-34-32-53(44-61(57)71(62)52-30-26-49(27-31-52)65(2,3)4)73-59-36-29-51(67(8,9)10)43-55(59)68(11)37-19-20-38-69(68,73)12/h13-18,21-36,39-44H,19-20,37-38H2,1-12H3. The number of nitrogens with zero attached hydrogens (tertiary/aromatic N) is 3. The van der Waals surface area contributed by atoms with E-state index in [4.69, 9.17) is 0 Å². The predicted molar refractivity (Wildman–Crippen MR) is 315 cm³/mol. The molecule has 366 valence electrons. The molecule has 2 unspecified atom stereocenters. The van der Waals surface area contributed by atoms with E-state index in [1.165, 1.54) is 131 Å². The number of aryl methyl sites for hydroxylation is 1. The maximum absolute atomic E-state index is 2.78. The Balaban J connectivity index is 1.14. The molecule has 4 aliphatic rings. The zero-order chi connectivity index (χ0) is 51.0. The Kier molecular flexibility index (Phi) is 10.8. The molecule has 12 rings (SSSR count). The molecule has 0 saturated heterocycles. The van der Waals surface area contributed by atoms with Gasteiger partial charge < -0.3 is 14.7 Å². The van der Waals surface area contributed by atoms with Crippen LogP contribution in [0.25, 0.3) is 22.3 Å². The molecule has 8 aromatic rings. The lowest BCUT2D eigenvalue weighted by atomic mass is 9.33. The molecule has 3 aliphatic heterocycles. The summed E-state index contributed by atoms with van der Waals surface area (Å²) in [7, 11) is 0. The lowest BCUT2D eigenvalue weighted by Crippen LogP contribution is -2.61. The SMILES string of the molecule is Cc1cc2c3c(c1)N(c1ccc(C(C)(C)C)cc1-c1ccccc1)c1cc(-c4ccccc4)ccc1B3c1ccc(N3c4ccc(C(C)(C)C)cc4C4(C)CCCCC34C)cc1N2c1ccc(C(C)(C)C)cc1. The Hall–Kier alpha value is -6.78. The van der Waals surface area contributed by atoms with Crippen molar-refractivity contribution in [1.82, 2.24) is 0 Å². The first-order valence-electron chi connectivity index (χ1n) is 27.1. The van der Waals surface area contributed by atoms with Crippen LogP contribution >= 0.6 is 0 Å². The highest BCUT2D eigenvalue weighted by Gasteiger charge is 2.58. The molecule has 0 bridgehead atoms. The fourth-order valence-corrected chi connectivity index (χ4v) is 13.4. The number of fused-ring (bicyclic) bond motifs is 7. The highest BCUT2D eigenvalue weighted by Crippen LogP contribution is 2.62. The van der Waals surface area contributed by atoms with Crippen LogP contribution in [0.4, 0.5) is 45.5 Å². The summed E-state index contributed by atoms with van der Waals surface area (Å²) in [5.41, 5.74) is 25.7. The van der Waals surface area contributed by atoms with Crippen molar-refractivity contribution in [2.75, 3.05) is 14.7 Å². The number of rotatable bonds is 5. The second-order valence-corrected chi connectivity index (χ2v) is 25.5. The zero-order valence-electron chi connectivity index (χ0n) is 45.4. The van der Waals surface area contributed by atoms with Gasteiger partial charge in [-0.15, -0.1) is 0 Å². The lowest BCUT2D eigenvalue weighted by molar-refractivity contribution is 0.195. The van der Waals surface area contributed by atoms with E-state index in [-0.39, 0.29) is 33.9 Å². The van der Waals surface area contributed by atoms with Crippen LogP contribution in [0.3, 0.4) is 0 Å². The average molecular weight is 954 g/mol. The van der Waals surface area contributed by atoms with Crippen LogP contribution in [0.2, 0.25) is 0 Å². The fraction of sp³-hybridized carbons (Fsp3) is 0.304. The minimum absolute atomic E-state index is 0.0133. The number of benzene rings is 8. The zero-order valence-corrected chi connectivity index (χ0v) is 45.4. The first-order chi connectivity index (χ1) is 34.7. The van der Waals surface area contributed by atoms with Gasteiger partial charge in [0.1, 0.15) is 0 Å². The topological polar surface area (TPSA) is 9.72 Å². The van der Waals surface area contributed by atoms with Gasteiger partial charge in [0.25, 0.3) is 6.71 Å². The van der Waals surface area contributed by atoms with Gasteiger partial charge in [0, 0.05) is 50.8 Å². The van der Waals surface area contributed by atoms with Gasteiger partial charge in [0.2, 0.25) is 0 Å². The molecular weight excluding hydrogens is 882 g/mol. The molecule has 2 atom stereocenters. The van der Waals surface area contributed by atoms with Gasteiger partial charge in [0.05, 0.1) is 11.2 Å². The summed E-state index contributed by atoms with van der Waals surface area (Å²) in [6.07, 6.45) is 4.84. The van der Waals surface area contributed by atoms with Gasteiger partial charge in [-0.1, -0.05) is 191 Å². The third kappa shape index (κ3) is 7.44. The summed E-state index contributed by atoms with van der Waals surface area (Å²) < 4.78 is 0. The van der Waals surface area contributed by atoms with Gasteiger partial charge in [-0.3, -0.25) is 0 Å². The molecule has 3 heterocycles. The second-order valence-electron chi connectivity index (χ2n) is 25.5. The molecule has 73 heavy (non-hydrogen) atoms. The third-order valence-corrected chi connectivity index (χ3v) is 17.7. The maximum atomic E-state index is 2.78. The first kappa shape index (κ1) is 47.2. The van der Waals surface area contributed by atoms with Crippen LogP contribution in [0.5, 0.6) is 0 Å². The molecule has 1 fully saturated rings. The van der Waals surface area contributed by atoms with Crippen molar-refractivity contribution in [3.63, 3.8) is 0 Å². The summed E-state index contributed by atoms with van der Waals surface area (Å²) >= 11 is 0. The molecule has 0 aromatic heterocycles. The van der Waals surface area contributed by atoms with Crippen molar-refractivity contribution < 1.29 is 0 Å². The first-order valence-corrected chi connectivity index (χ1v) is 27.1. The van der Waals surface area contributed by atoms with Crippen LogP contribution in [0.15, 0.2) is 170 Å². The Morgan fingerprint density at radius 2 is 0.959 bits per heavy atom. The van der Waals surface area contributed by atoms with Crippen LogP contribution in [-0.4, -0.2) is 12.3 Å². The van der Waals surface area contributed by atoms with Gasteiger partial charge >= 0.3 is 0 Å². The van der Waals surface area contributed by atoms with Gasteiger partial charge in [-0.25, -0.2) is 0 Å². The van der Waals surface area contributed by atoms with Crippen LogP contribution in [0.1, 0.15) is 130 Å². The largest absolute Gasteiger partial charge is 0.334 e. The molecule has 0 spiro atoms. The van der Waals surface area contributed by atoms with Crippen LogP contribution in [-0.2, 0) is 21.7 Å². The van der Waals surface area contributed by atoms with Crippen molar-refractivity contribution in [3.05, 3.63) is 198 Å². The van der Waals surface area contributed by atoms with Crippen molar-refractivity contribution in [2.45, 2.75) is 136 Å². The highest BCUT2D eigenvalue weighted by molar-refractivity contribution is 7.00. The Labute approximate surface area is 437 Å². The van der Waals surface area contributed by atoms with Crippen molar-refractivity contribution >= 4 is 68.6 Å². The maximum Gasteiger partial charge on any atom is 0.252 e. The summed E-state index contributed by atoms with van der Waals surface area (Å²) in [4.78, 5) is 8.02. The summed E-state index contributed by atoms with van der Waals surface area (Å²) in [6, 6.07) is 66.0. The number of hydrogen-bond donors (Lipinski definition) is 0. The smallest absolute Gasteiger partial charge is 0.252 e. The highest BCUT2D eigenvalue weighted by atomic mass is 15.3. The average Bonchev–Trinajstić information content (AvgIpc) is 3.58. The Morgan fingerprint density at radius 1 is 0.425 bits per heavy atom. The fourth-order valence-electron chi connectivity index (χ4n) is 13.4. The van der Waals surface area contributed by atoms with Gasteiger partial charge in [-0.2, -0.15) is 0 Å². The van der Waals surface area contributed by atoms with E-state index in [1.807, 2.05) is 0 Å². The summed E-state index contributed by atoms with van der Waals surface area (Å²) in [6.45, 7) is 28.4. The Morgan fingerprint density at radius 3 is 1.60 bits per heavy atom. The molecule has 0 amide bonds. The van der Waals surface area contributed by atoms with Gasteiger partial charge in [-0.05, 0) is 164 Å². The normalized spacial score (nSPS) is 19.0. The predicted octanol–water partition coefficient (Wildman–Crippen LogP) is 17.0.